The van der Waals surface area contributed by atoms with Crippen molar-refractivity contribution in [2.24, 2.45) is 0 Å². The molecule has 6 aliphatic carbocycles. The first-order valence-corrected chi connectivity index (χ1v) is 33.9. The summed E-state index contributed by atoms with van der Waals surface area (Å²) in [5.41, 5.74) is -15.8. The number of anilines is 3. The molecule has 0 amide bonds. The Morgan fingerprint density at radius 2 is 0.796 bits per heavy atom. The smallest absolute Gasteiger partial charge is 0.191 e. The second-order valence-electron chi connectivity index (χ2n) is 21.9. The van der Waals surface area contributed by atoms with E-state index in [1.807, 2.05) is 0 Å². The van der Waals surface area contributed by atoms with Crippen LogP contribution in [0.1, 0.15) is 215 Å². The number of aromatic nitrogens is 15. The fraction of sp³-hybridized carbons (Fsp3) is 0.583. The zero-order valence-corrected chi connectivity index (χ0v) is 58.7. The lowest BCUT2D eigenvalue weighted by Gasteiger charge is -2.17. The molecule has 6 saturated carbocycles. The average Bonchev–Trinajstić information content (AvgIpc) is 1.46. The molecule has 6 heterocycles. The number of hydrogen-bond donors (Lipinski definition) is 12. The molecule has 108 heavy (non-hydrogen) atoms. The normalized spacial score (nSPS) is 49.9. The number of aliphatic hydroxyl groups excluding tert-OH is 2. The van der Waals surface area contributed by atoms with Gasteiger partial charge in [-0.05, 0) is 111 Å². The number of aliphatic hydroxyl groups is 9. The Labute approximate surface area is 702 Å². The van der Waals surface area contributed by atoms with E-state index in [4.69, 9.17) is 76.6 Å². The van der Waals surface area contributed by atoms with Crippen LogP contribution in [0.15, 0.2) is 69.9 Å². The Morgan fingerprint density at radius 3 is 1.10 bits per heavy atom. The summed E-state index contributed by atoms with van der Waals surface area (Å²) >= 11 is 0.861. The molecule has 36 heteroatoms. The van der Waals surface area contributed by atoms with E-state index in [0.717, 1.165) is 20.8 Å². The Hall–Kier alpha value is -7.14. The van der Waals surface area contributed by atoms with Gasteiger partial charge in [0.1, 0.15) is 53.9 Å². The SMILES string of the molecule is [2H]c1c([2H])c([C@]2([2H])C([2H])([2H])[C@@]2([2H])Nc2nc(SC([2H])([2H])CC)nc3c2nnn3[C@]2([2H])C([2H])([2H])[C@]([2H])(OC([2H])([2H])CO)[C@@]([2H])(O)[C@@]2([2H])O)c([2H])c(F)c1C.[2H]c1c([2H])c([C@]2([2H])C([2H])([2H])[C@@]2([2H])Nc2nc(SC([2H])([2H])CC)nc3c2nnn3[C@]2([2H])C([2H])([2H])[C@]([2H])(OCC([2H])([2H])O)[C@@]([2H])(O)[C@@]2([2H])O)c([2H])c(F)c1C.[2H]c1c([2H])c([C@]2([2H])C([2H])([2H])[C@@]2([2H])Nc2nc(SC([2H])([2H])CC)nc3c2nnn3[C@]2([2H])C([2H])([2H])[C@]([2H])(OCCO)[C@@]([2H])(O)[C@@]2([2H])O)c([2H])c(F)c1C. The molecule has 0 aliphatic heterocycles. The van der Waals surface area contributed by atoms with Crippen LogP contribution >= 0.6 is 35.3 Å². The molecule has 18 atom stereocenters. The van der Waals surface area contributed by atoms with Gasteiger partial charge in [-0.2, -0.15) is 0 Å². The third kappa shape index (κ3) is 17.5. The number of rotatable bonds is 30. The van der Waals surface area contributed by atoms with Crippen molar-refractivity contribution in [3.63, 3.8) is 0 Å². The lowest BCUT2D eigenvalue weighted by molar-refractivity contribution is -0.0629. The molecular weight excluding hydrogens is 1460 g/mol. The summed E-state index contributed by atoms with van der Waals surface area (Å²) in [5.74, 6) is -15.5. The minimum atomic E-state index is -4.28. The number of fused-ring (bicyclic) bond motifs is 3. The number of nitrogens with zero attached hydrogens (tertiary/aromatic N) is 15. The summed E-state index contributed by atoms with van der Waals surface area (Å²) in [6.45, 7) is -4.12. The van der Waals surface area contributed by atoms with Crippen LogP contribution in [-0.2, 0) is 14.2 Å². The molecule has 0 radical (unpaired) electrons. The first-order chi connectivity index (χ1) is 70.5. The molecule has 6 aliphatic rings. The number of hydrogen-bond acceptors (Lipinski definition) is 30. The van der Waals surface area contributed by atoms with Crippen molar-refractivity contribution in [1.82, 2.24) is 74.9 Å². The van der Waals surface area contributed by atoms with E-state index in [-0.39, 0.29) is 56.8 Å². The maximum absolute atomic E-state index is 15.0. The molecule has 0 saturated heterocycles. The third-order valence-electron chi connectivity index (χ3n) is 14.6. The standard InChI is InChI=1S/3C24H31FN6O4S/c3*1-3-8-36-24-27-22(26-16-10-14(16)13-5-4-12(2)15(25)9-13)19-23(28-24)31(30-29-19)17-11-18(35-7-6-32)21(34)20(17)33/h3*4-5,9,14,16-18,20-21,32-34H,3,6-8,10-11H2,1-2H3,(H,26,27,28)/t3*14-,16+,17+,18-,20-,21+/m000/s1/i4D,5D,7D2,8D2,9D,10D2,11D2,14D,16D,17D,18D,20D,21D;4D,5D,6D2,8D2,9D,10D2,11D2,14D,16D,17D,18D,20D,21D;4D,5D,8D2,9D,10D2,11D2,14D,16D,17D,18D,20D,21D. The molecule has 15 rings (SSSR count). The van der Waals surface area contributed by atoms with Gasteiger partial charge in [0.2, 0.25) is 0 Å². The molecule has 0 bridgehead atoms. The topological polar surface area (TPSA) is 415 Å². The first kappa shape index (κ1) is 38.4. The number of thioether (sulfide) groups is 3. The fourth-order valence-electron chi connectivity index (χ4n) is 9.27. The Balaban J connectivity index is 0.000000195. The van der Waals surface area contributed by atoms with Gasteiger partial charge in [0.05, 0.1) is 114 Å². The van der Waals surface area contributed by atoms with Gasteiger partial charge in [-0.3, -0.25) is 0 Å². The van der Waals surface area contributed by atoms with Gasteiger partial charge in [-0.15, -0.1) is 15.3 Å². The summed E-state index contributed by atoms with van der Waals surface area (Å²) in [6, 6.07) is -29.2. The molecule has 3 aromatic carbocycles. The van der Waals surface area contributed by atoms with E-state index >= 15 is 0 Å². The minimum Gasteiger partial charge on any atom is -0.394 e. The van der Waals surface area contributed by atoms with Gasteiger partial charge in [0.15, 0.2) is 66.4 Å². The number of benzene rings is 3. The van der Waals surface area contributed by atoms with E-state index in [0.29, 0.717) is 11.8 Å². The van der Waals surface area contributed by atoms with Crippen molar-refractivity contribution in [1.29, 1.82) is 0 Å². The largest absolute Gasteiger partial charge is 0.394 e. The van der Waals surface area contributed by atoms with E-state index in [2.05, 4.69) is 81.5 Å². The summed E-state index contributed by atoms with van der Waals surface area (Å²) in [6.07, 6.45) is -58.5. The molecule has 12 N–H and O–H groups in total. The maximum atomic E-state index is 15.0. The fourth-order valence-corrected chi connectivity index (χ4v) is 10.9. The number of halogens is 3. The first-order valence-electron chi connectivity index (χ1n) is 55.9. The van der Waals surface area contributed by atoms with Gasteiger partial charge < -0.3 is 76.1 Å². The van der Waals surface area contributed by atoms with Crippen LogP contribution in [0.3, 0.4) is 0 Å². The van der Waals surface area contributed by atoms with E-state index in [1.165, 1.54) is 20.8 Å². The van der Waals surface area contributed by atoms with Crippen LogP contribution < -0.4 is 16.0 Å². The van der Waals surface area contributed by atoms with Crippen molar-refractivity contribution in [2.45, 2.75) is 223 Å². The Kier molecular flexibility index (Phi) is 12.5. The second-order valence-corrected chi connectivity index (χ2v) is 24.4. The van der Waals surface area contributed by atoms with Crippen LogP contribution in [-0.4, -0.2) is 250 Å². The summed E-state index contributed by atoms with van der Waals surface area (Å²) in [5, 5.41) is 122. The van der Waals surface area contributed by atoms with E-state index < -0.39 is 375 Å². The van der Waals surface area contributed by atoms with Crippen molar-refractivity contribution in [3.8, 4) is 0 Å². The zero-order valence-electron chi connectivity index (χ0n) is 105. The summed E-state index contributed by atoms with van der Waals surface area (Å²) in [7, 11) is 0. The van der Waals surface area contributed by atoms with Gasteiger partial charge in [-0.1, -0.05) is 108 Å². The van der Waals surface area contributed by atoms with Crippen LogP contribution in [0.25, 0.3) is 33.5 Å². The van der Waals surface area contributed by atoms with Crippen molar-refractivity contribution in [3.05, 3.63) is 105 Å². The molecule has 6 fully saturated rings. The minimum absolute atomic E-state index is 0.00183. The van der Waals surface area contributed by atoms with Crippen molar-refractivity contribution in [2.75, 3.05) is 72.6 Å². The highest BCUT2D eigenvalue weighted by Gasteiger charge is 2.49. The van der Waals surface area contributed by atoms with Gasteiger partial charge in [-0.25, -0.2) is 57.1 Å². The molecule has 30 nitrogen and oxygen atoms in total. The monoisotopic (exact) mass is 1600 g/mol. The number of nitrogens with one attached hydrogen (secondary N) is 3. The van der Waals surface area contributed by atoms with Crippen LogP contribution in [0.4, 0.5) is 30.6 Å². The average molecular weight is 1610 g/mol. The van der Waals surface area contributed by atoms with Crippen LogP contribution in [0, 0.1) is 38.2 Å². The molecule has 582 valence electrons. The Bertz CT molecular complexity index is 7230. The summed E-state index contributed by atoms with van der Waals surface area (Å²) < 4.78 is 474. The third-order valence-corrected chi connectivity index (χ3v) is 16.9. The van der Waals surface area contributed by atoms with E-state index in [1.54, 1.807) is 0 Å². The zero-order chi connectivity index (χ0) is 120. The van der Waals surface area contributed by atoms with Gasteiger partial charge in [0.25, 0.3) is 0 Å². The predicted molar refractivity (Wildman–Crippen MR) is 398 cm³/mol. The molecular formula is C72H93F3N18O12S3. The predicted octanol–water partition coefficient (Wildman–Crippen LogP) is 6.55. The van der Waals surface area contributed by atoms with Crippen LogP contribution in [0.2, 0.25) is 0 Å². The highest BCUT2D eigenvalue weighted by Crippen LogP contribution is 2.48. The molecule has 0 spiro atoms. The van der Waals surface area contributed by atoms with Gasteiger partial charge in [0, 0.05) is 101 Å². The molecule has 9 aromatic rings. The van der Waals surface area contributed by atoms with Gasteiger partial charge >= 0.3 is 0 Å². The van der Waals surface area contributed by atoms with Crippen LogP contribution in [0.5, 0.6) is 0 Å². The lowest BCUT2D eigenvalue weighted by Crippen LogP contribution is -2.33. The molecule has 0 unspecified atom stereocenters. The van der Waals surface area contributed by atoms with Crippen molar-refractivity contribution >= 4 is 86.2 Å². The van der Waals surface area contributed by atoms with E-state index in [9.17, 15) is 59.1 Å². The van der Waals surface area contributed by atoms with Crippen molar-refractivity contribution < 1.29 is 141 Å². The number of ether oxygens (including phenoxy) is 3. The quantitative estimate of drug-likeness (QED) is 0.0168. The molecule has 6 aromatic heterocycles. The highest BCUT2D eigenvalue weighted by molar-refractivity contribution is 7.99. The second kappa shape index (κ2) is 35.1. The Morgan fingerprint density at radius 1 is 0.472 bits per heavy atom. The summed E-state index contributed by atoms with van der Waals surface area (Å²) in [4.78, 5) is 24.3. The lowest BCUT2D eigenvalue weighted by atomic mass is 10.1. The highest BCUT2D eigenvalue weighted by atomic mass is 32.2. The maximum Gasteiger partial charge on any atom is 0.191 e.